The van der Waals surface area contributed by atoms with Gasteiger partial charge in [0.15, 0.2) is 0 Å². The van der Waals surface area contributed by atoms with Gasteiger partial charge >= 0.3 is 5.97 Å². The molecule has 13 heavy (non-hydrogen) atoms. The molecule has 0 aliphatic rings. The van der Waals surface area contributed by atoms with Crippen molar-refractivity contribution in [3.05, 3.63) is 34.9 Å². The lowest BCUT2D eigenvalue weighted by Crippen LogP contribution is -2.00. The average Bonchev–Trinajstić information content (AvgIpc) is 2.08. The molecule has 1 aromatic rings. The molecule has 0 bridgehead atoms. The largest absolute Gasteiger partial charge is 0.478 e. The van der Waals surface area contributed by atoms with E-state index in [0.717, 1.165) is 24.0 Å². The zero-order chi connectivity index (χ0) is 9.84. The van der Waals surface area contributed by atoms with Crippen LogP contribution in [-0.4, -0.2) is 11.1 Å². The lowest BCUT2D eigenvalue weighted by atomic mass is 10.0. The van der Waals surface area contributed by atoms with E-state index in [2.05, 4.69) is 6.92 Å². The summed E-state index contributed by atoms with van der Waals surface area (Å²) >= 11 is 0. The Morgan fingerprint density at radius 2 is 2.15 bits per heavy atom. The number of benzene rings is 1. The van der Waals surface area contributed by atoms with Crippen LogP contribution >= 0.6 is 0 Å². The van der Waals surface area contributed by atoms with E-state index in [1.807, 2.05) is 19.1 Å². The van der Waals surface area contributed by atoms with E-state index in [4.69, 9.17) is 5.11 Å². The van der Waals surface area contributed by atoms with Gasteiger partial charge in [0.05, 0.1) is 5.56 Å². The van der Waals surface area contributed by atoms with Crippen LogP contribution in [0, 0.1) is 6.92 Å². The van der Waals surface area contributed by atoms with Gasteiger partial charge in [0.25, 0.3) is 0 Å². The third-order valence-electron chi connectivity index (χ3n) is 2.07. The fourth-order valence-electron chi connectivity index (χ4n) is 1.34. The van der Waals surface area contributed by atoms with Gasteiger partial charge in [-0.2, -0.15) is 0 Å². The predicted octanol–water partition coefficient (Wildman–Crippen LogP) is 2.65. The summed E-state index contributed by atoms with van der Waals surface area (Å²) < 4.78 is 0. The third kappa shape index (κ3) is 2.31. The van der Waals surface area contributed by atoms with Crippen molar-refractivity contribution >= 4 is 5.97 Å². The van der Waals surface area contributed by atoms with Gasteiger partial charge in [0, 0.05) is 0 Å². The molecule has 1 rings (SSSR count). The number of carbonyl (C=O) groups is 1. The van der Waals surface area contributed by atoms with Crippen molar-refractivity contribution in [2.24, 2.45) is 0 Å². The van der Waals surface area contributed by atoms with Crippen LogP contribution in [0.15, 0.2) is 18.2 Å². The number of aromatic carboxylic acids is 1. The maximum Gasteiger partial charge on any atom is 0.335 e. The van der Waals surface area contributed by atoms with Gasteiger partial charge in [0.1, 0.15) is 0 Å². The van der Waals surface area contributed by atoms with Crippen molar-refractivity contribution in [2.45, 2.75) is 26.7 Å². The molecule has 0 atom stereocenters. The van der Waals surface area contributed by atoms with E-state index >= 15 is 0 Å². The molecule has 2 nitrogen and oxygen atoms in total. The summed E-state index contributed by atoms with van der Waals surface area (Å²) in [5, 5.41) is 8.86. The van der Waals surface area contributed by atoms with Crippen LogP contribution in [0.2, 0.25) is 0 Å². The Labute approximate surface area is 78.2 Å². The average molecular weight is 178 g/mol. The quantitative estimate of drug-likeness (QED) is 0.772. The van der Waals surface area contributed by atoms with Crippen molar-refractivity contribution in [1.29, 1.82) is 0 Å². The molecular weight excluding hydrogens is 164 g/mol. The molecule has 0 aliphatic carbocycles. The molecule has 70 valence electrons. The Bertz CT molecular complexity index is 316. The molecule has 0 unspecified atom stereocenters. The number of rotatable bonds is 3. The van der Waals surface area contributed by atoms with Crippen molar-refractivity contribution in [3.8, 4) is 0 Å². The molecular formula is C11H14O2. The molecule has 0 saturated heterocycles. The molecule has 1 N–H and O–H groups in total. The minimum absolute atomic E-state index is 0.422. The van der Waals surface area contributed by atoms with Crippen LogP contribution in [0.25, 0.3) is 0 Å². The van der Waals surface area contributed by atoms with Crippen molar-refractivity contribution in [2.75, 3.05) is 0 Å². The van der Waals surface area contributed by atoms with Crippen LogP contribution in [0.4, 0.5) is 0 Å². The minimum Gasteiger partial charge on any atom is -0.478 e. The summed E-state index contributed by atoms with van der Waals surface area (Å²) in [7, 11) is 0. The predicted molar refractivity (Wildman–Crippen MR) is 52.1 cm³/mol. The molecule has 0 heterocycles. The van der Waals surface area contributed by atoms with Crippen molar-refractivity contribution in [1.82, 2.24) is 0 Å². The normalized spacial score (nSPS) is 10.0. The molecule has 0 fully saturated rings. The zero-order valence-corrected chi connectivity index (χ0v) is 8.00. The molecule has 0 saturated carbocycles. The highest BCUT2D eigenvalue weighted by Crippen LogP contribution is 2.12. The van der Waals surface area contributed by atoms with E-state index in [9.17, 15) is 4.79 Å². The molecule has 2 heteroatoms. The first-order chi connectivity index (χ1) is 6.15. The summed E-state index contributed by atoms with van der Waals surface area (Å²) in [6.45, 7) is 3.90. The SMILES string of the molecule is CCCc1ccc(C)c(C(=O)O)c1. The van der Waals surface area contributed by atoms with Gasteiger partial charge in [0.2, 0.25) is 0 Å². The fraction of sp³-hybridized carbons (Fsp3) is 0.364. The number of hydrogen-bond acceptors (Lipinski definition) is 1. The fourth-order valence-corrected chi connectivity index (χ4v) is 1.34. The summed E-state index contributed by atoms with van der Waals surface area (Å²) in [4.78, 5) is 10.8. The molecule has 0 spiro atoms. The Morgan fingerprint density at radius 1 is 1.46 bits per heavy atom. The van der Waals surface area contributed by atoms with Gasteiger partial charge < -0.3 is 5.11 Å². The monoisotopic (exact) mass is 178 g/mol. The van der Waals surface area contributed by atoms with E-state index in [1.54, 1.807) is 6.07 Å². The van der Waals surface area contributed by atoms with Crippen molar-refractivity contribution < 1.29 is 9.90 Å². The summed E-state index contributed by atoms with van der Waals surface area (Å²) in [6, 6.07) is 5.63. The van der Waals surface area contributed by atoms with Gasteiger partial charge in [-0.05, 0) is 30.5 Å². The summed E-state index contributed by atoms with van der Waals surface area (Å²) in [5.74, 6) is -0.838. The first-order valence-electron chi connectivity index (χ1n) is 4.48. The van der Waals surface area contributed by atoms with E-state index in [-0.39, 0.29) is 0 Å². The smallest absolute Gasteiger partial charge is 0.335 e. The molecule has 0 aromatic heterocycles. The van der Waals surface area contributed by atoms with E-state index in [0.29, 0.717) is 5.56 Å². The topological polar surface area (TPSA) is 37.3 Å². The summed E-state index contributed by atoms with van der Waals surface area (Å²) in [5.41, 5.74) is 2.35. The highest BCUT2D eigenvalue weighted by Gasteiger charge is 2.06. The lowest BCUT2D eigenvalue weighted by molar-refractivity contribution is 0.0696. The first kappa shape index (κ1) is 9.78. The van der Waals surface area contributed by atoms with Crippen LogP contribution in [0.1, 0.15) is 34.8 Å². The van der Waals surface area contributed by atoms with Gasteiger partial charge in [-0.1, -0.05) is 25.5 Å². The van der Waals surface area contributed by atoms with E-state index in [1.165, 1.54) is 0 Å². The Hall–Kier alpha value is -1.31. The lowest BCUT2D eigenvalue weighted by Gasteiger charge is -2.03. The molecule has 0 radical (unpaired) electrons. The maximum absolute atomic E-state index is 10.8. The Kier molecular flexibility index (Phi) is 3.07. The van der Waals surface area contributed by atoms with Gasteiger partial charge in [-0.15, -0.1) is 0 Å². The van der Waals surface area contributed by atoms with Gasteiger partial charge in [-0.25, -0.2) is 4.79 Å². The molecule has 0 aliphatic heterocycles. The highest BCUT2D eigenvalue weighted by molar-refractivity contribution is 5.89. The zero-order valence-electron chi connectivity index (χ0n) is 8.00. The number of hydrogen-bond donors (Lipinski definition) is 1. The maximum atomic E-state index is 10.8. The van der Waals surface area contributed by atoms with E-state index < -0.39 is 5.97 Å². The number of aryl methyl sites for hydroxylation is 2. The standard InChI is InChI=1S/C11H14O2/c1-3-4-9-6-5-8(2)10(7-9)11(12)13/h5-7H,3-4H2,1-2H3,(H,12,13). The minimum atomic E-state index is -0.838. The molecule has 0 amide bonds. The third-order valence-corrected chi connectivity index (χ3v) is 2.07. The van der Waals surface area contributed by atoms with Crippen LogP contribution in [0.5, 0.6) is 0 Å². The summed E-state index contributed by atoms with van der Waals surface area (Å²) in [6.07, 6.45) is 1.99. The highest BCUT2D eigenvalue weighted by atomic mass is 16.4. The second-order valence-corrected chi connectivity index (χ2v) is 3.20. The molecule has 1 aromatic carbocycles. The second-order valence-electron chi connectivity index (χ2n) is 3.20. The van der Waals surface area contributed by atoms with Gasteiger partial charge in [-0.3, -0.25) is 0 Å². The van der Waals surface area contributed by atoms with Crippen LogP contribution in [-0.2, 0) is 6.42 Å². The number of carboxylic acid groups (broad SMARTS) is 1. The van der Waals surface area contributed by atoms with Crippen molar-refractivity contribution in [3.63, 3.8) is 0 Å². The van der Waals surface area contributed by atoms with Crippen LogP contribution in [0.3, 0.4) is 0 Å². The first-order valence-corrected chi connectivity index (χ1v) is 4.48. The second kappa shape index (κ2) is 4.08. The number of carboxylic acids is 1. The Morgan fingerprint density at radius 3 is 2.69 bits per heavy atom. The van der Waals surface area contributed by atoms with Crippen LogP contribution < -0.4 is 0 Å². The Balaban J connectivity index is 3.04.